The van der Waals surface area contributed by atoms with Crippen molar-refractivity contribution in [2.45, 2.75) is 6.17 Å². The summed E-state index contributed by atoms with van der Waals surface area (Å²) in [5.41, 5.74) is 0. The number of likely N-dealkylation sites (N-methyl/N-ethyl adjacent to an activating group) is 1. The Morgan fingerprint density at radius 3 is 3.00 bits per heavy atom. The molecule has 0 fully saturated rings. The van der Waals surface area contributed by atoms with Gasteiger partial charge in [0.1, 0.15) is 0 Å². The maximum absolute atomic E-state index is 10.2. The van der Waals surface area contributed by atoms with E-state index in [4.69, 9.17) is 0 Å². The summed E-state index contributed by atoms with van der Waals surface area (Å²) < 4.78 is 0. The topological polar surface area (TPSA) is 32.7 Å². The van der Waals surface area contributed by atoms with Gasteiger partial charge in [-0.2, -0.15) is 0 Å². The first-order valence-electron chi connectivity index (χ1n) is 2.72. The van der Waals surface area contributed by atoms with Gasteiger partial charge in [0, 0.05) is 19.5 Å². The van der Waals surface area contributed by atoms with Crippen LogP contribution in [0.25, 0.3) is 0 Å². The third kappa shape index (κ3) is 1.16. The molecule has 1 atom stereocenters. The number of hydrogen-bond donors (Lipinski definition) is 0. The van der Waals surface area contributed by atoms with Crippen LogP contribution in [0.1, 0.15) is 0 Å². The van der Waals surface area contributed by atoms with Gasteiger partial charge in [-0.1, -0.05) is 0 Å². The lowest BCUT2D eigenvalue weighted by molar-refractivity contribution is -0.111. The van der Waals surface area contributed by atoms with Gasteiger partial charge in [-0.05, 0) is 6.08 Å². The number of aldehydes is 1. The molecule has 9 heavy (non-hydrogen) atoms. The Bertz CT molecular complexity index is 162. The minimum atomic E-state index is -0.310. The zero-order valence-corrected chi connectivity index (χ0v) is 5.19. The molecule has 1 unspecified atom stereocenters. The standard InChI is InChI=1S/C6H8N2O/c1-8-4-2-3-7-6(8)5-9/h2-6H,1H3. The molecule has 48 valence electrons. The summed E-state index contributed by atoms with van der Waals surface area (Å²) in [5.74, 6) is 0. The van der Waals surface area contributed by atoms with Crippen LogP contribution in [0.5, 0.6) is 0 Å². The van der Waals surface area contributed by atoms with E-state index in [-0.39, 0.29) is 6.17 Å². The van der Waals surface area contributed by atoms with Crippen LogP contribution in [-0.2, 0) is 4.79 Å². The summed E-state index contributed by atoms with van der Waals surface area (Å²) in [6.07, 6.45) is 5.72. The molecule has 0 amide bonds. The zero-order chi connectivity index (χ0) is 6.69. The third-order valence-electron chi connectivity index (χ3n) is 1.19. The van der Waals surface area contributed by atoms with Crippen molar-refractivity contribution in [1.29, 1.82) is 0 Å². The maximum Gasteiger partial charge on any atom is 0.176 e. The van der Waals surface area contributed by atoms with E-state index in [1.54, 1.807) is 17.2 Å². The Morgan fingerprint density at radius 2 is 2.56 bits per heavy atom. The number of hydrogen-bond acceptors (Lipinski definition) is 3. The predicted octanol–water partition coefficient (Wildman–Crippen LogP) is 0.0413. The van der Waals surface area contributed by atoms with Crippen LogP contribution in [0.15, 0.2) is 17.3 Å². The molecule has 0 aliphatic carbocycles. The molecule has 1 aliphatic heterocycles. The summed E-state index contributed by atoms with van der Waals surface area (Å²) in [6, 6.07) is 0. The Kier molecular flexibility index (Phi) is 1.63. The van der Waals surface area contributed by atoms with E-state index >= 15 is 0 Å². The molecule has 0 aromatic carbocycles. The van der Waals surface area contributed by atoms with E-state index in [9.17, 15) is 4.79 Å². The number of rotatable bonds is 1. The van der Waals surface area contributed by atoms with Crippen LogP contribution < -0.4 is 0 Å². The van der Waals surface area contributed by atoms with Crippen molar-refractivity contribution in [3.63, 3.8) is 0 Å². The second kappa shape index (κ2) is 2.44. The highest BCUT2D eigenvalue weighted by Crippen LogP contribution is 1.98. The summed E-state index contributed by atoms with van der Waals surface area (Å²) >= 11 is 0. The highest BCUT2D eigenvalue weighted by Gasteiger charge is 2.07. The van der Waals surface area contributed by atoms with E-state index in [2.05, 4.69) is 4.99 Å². The molecule has 0 radical (unpaired) electrons. The second-order valence-corrected chi connectivity index (χ2v) is 1.85. The molecule has 0 saturated heterocycles. The minimum Gasteiger partial charge on any atom is -0.353 e. The van der Waals surface area contributed by atoms with Gasteiger partial charge >= 0.3 is 0 Å². The molecule has 0 saturated carbocycles. The first kappa shape index (κ1) is 6.01. The van der Waals surface area contributed by atoms with Crippen LogP contribution >= 0.6 is 0 Å². The highest BCUT2D eigenvalue weighted by molar-refractivity contribution is 5.75. The molecule has 3 nitrogen and oxygen atoms in total. The summed E-state index contributed by atoms with van der Waals surface area (Å²) in [7, 11) is 1.81. The van der Waals surface area contributed by atoms with E-state index < -0.39 is 0 Å². The van der Waals surface area contributed by atoms with E-state index in [1.165, 1.54) is 0 Å². The molecular weight excluding hydrogens is 116 g/mol. The number of aliphatic imine (C=N–C) groups is 1. The Labute approximate surface area is 53.7 Å². The number of nitrogens with zero attached hydrogens (tertiary/aromatic N) is 2. The lowest BCUT2D eigenvalue weighted by Gasteiger charge is -2.19. The largest absolute Gasteiger partial charge is 0.353 e. The molecule has 0 spiro atoms. The Hall–Kier alpha value is -1.12. The van der Waals surface area contributed by atoms with Crippen molar-refractivity contribution in [2.75, 3.05) is 7.05 Å². The van der Waals surface area contributed by atoms with Gasteiger partial charge in [-0.15, -0.1) is 0 Å². The van der Waals surface area contributed by atoms with E-state index in [0.29, 0.717) is 0 Å². The fourth-order valence-electron chi connectivity index (χ4n) is 0.637. The zero-order valence-electron chi connectivity index (χ0n) is 5.19. The normalized spacial score (nSPS) is 24.6. The van der Waals surface area contributed by atoms with Gasteiger partial charge in [0.05, 0.1) is 0 Å². The average Bonchev–Trinajstić information content (AvgIpc) is 1.89. The van der Waals surface area contributed by atoms with Crippen molar-refractivity contribution in [2.24, 2.45) is 4.99 Å². The van der Waals surface area contributed by atoms with Crippen LogP contribution in [0.2, 0.25) is 0 Å². The third-order valence-corrected chi connectivity index (χ3v) is 1.19. The molecular formula is C6H8N2O. The van der Waals surface area contributed by atoms with Gasteiger partial charge in [0.25, 0.3) is 0 Å². The fourth-order valence-corrected chi connectivity index (χ4v) is 0.637. The fraction of sp³-hybridized carbons (Fsp3) is 0.333. The quantitative estimate of drug-likeness (QED) is 0.462. The predicted molar refractivity (Wildman–Crippen MR) is 35.2 cm³/mol. The molecule has 1 aliphatic rings. The number of carbonyl (C=O) groups is 1. The van der Waals surface area contributed by atoms with Gasteiger partial charge in [-0.25, -0.2) is 0 Å². The average molecular weight is 124 g/mol. The van der Waals surface area contributed by atoms with Crippen molar-refractivity contribution < 1.29 is 4.79 Å². The summed E-state index contributed by atoms with van der Waals surface area (Å²) in [6.45, 7) is 0. The second-order valence-electron chi connectivity index (χ2n) is 1.85. The SMILES string of the molecule is CN1C=CC=NC1C=O. The van der Waals surface area contributed by atoms with Gasteiger partial charge < -0.3 is 4.90 Å². The van der Waals surface area contributed by atoms with Crippen molar-refractivity contribution >= 4 is 12.5 Å². The van der Waals surface area contributed by atoms with Gasteiger partial charge in [0.2, 0.25) is 0 Å². The minimum absolute atomic E-state index is 0.310. The number of allylic oxidation sites excluding steroid dienone is 1. The monoisotopic (exact) mass is 124 g/mol. The lowest BCUT2D eigenvalue weighted by atomic mass is 10.4. The first-order valence-corrected chi connectivity index (χ1v) is 2.72. The molecule has 1 heterocycles. The molecule has 0 bridgehead atoms. The Morgan fingerprint density at radius 1 is 1.78 bits per heavy atom. The molecule has 1 rings (SSSR count). The molecule has 0 aromatic rings. The van der Waals surface area contributed by atoms with Crippen LogP contribution in [0, 0.1) is 0 Å². The summed E-state index contributed by atoms with van der Waals surface area (Å²) in [5, 5.41) is 0. The lowest BCUT2D eigenvalue weighted by Crippen LogP contribution is -2.28. The smallest absolute Gasteiger partial charge is 0.176 e. The van der Waals surface area contributed by atoms with Crippen LogP contribution in [0.4, 0.5) is 0 Å². The van der Waals surface area contributed by atoms with Crippen LogP contribution in [-0.4, -0.2) is 30.6 Å². The molecule has 0 N–H and O–H groups in total. The van der Waals surface area contributed by atoms with Gasteiger partial charge in [-0.3, -0.25) is 9.79 Å². The van der Waals surface area contributed by atoms with E-state index in [0.717, 1.165) is 6.29 Å². The Balaban J connectivity index is 2.65. The van der Waals surface area contributed by atoms with Gasteiger partial charge in [0.15, 0.2) is 12.5 Å². The first-order chi connectivity index (χ1) is 4.34. The molecule has 3 heteroatoms. The van der Waals surface area contributed by atoms with E-state index in [1.807, 2.05) is 13.2 Å². The van der Waals surface area contributed by atoms with Crippen molar-refractivity contribution in [1.82, 2.24) is 4.90 Å². The van der Waals surface area contributed by atoms with Crippen LogP contribution in [0.3, 0.4) is 0 Å². The van der Waals surface area contributed by atoms with Crippen molar-refractivity contribution in [3.8, 4) is 0 Å². The number of carbonyl (C=O) groups excluding carboxylic acids is 1. The summed E-state index contributed by atoms with van der Waals surface area (Å²) in [4.78, 5) is 15.8. The van der Waals surface area contributed by atoms with Crippen molar-refractivity contribution in [3.05, 3.63) is 12.3 Å². The molecule has 0 aromatic heterocycles. The highest BCUT2D eigenvalue weighted by atomic mass is 16.1. The maximum atomic E-state index is 10.2.